The van der Waals surface area contributed by atoms with E-state index in [1.807, 2.05) is 6.26 Å². The molecular formula is C15H13NO3S2. The van der Waals surface area contributed by atoms with Gasteiger partial charge in [0.1, 0.15) is 0 Å². The first-order chi connectivity index (χ1) is 9.96. The molecule has 0 bridgehead atoms. The van der Waals surface area contributed by atoms with Crippen LogP contribution in [0.4, 0.5) is 5.69 Å². The molecule has 3 rings (SSSR count). The van der Waals surface area contributed by atoms with Crippen LogP contribution < -0.4 is 4.31 Å². The lowest BCUT2D eigenvalue weighted by molar-refractivity contribution is 0.103. The Morgan fingerprint density at radius 2 is 1.76 bits per heavy atom. The summed E-state index contributed by atoms with van der Waals surface area (Å²) >= 11 is 1.44. The third-order valence-corrected chi connectivity index (χ3v) is 6.10. The second-order valence-electron chi connectivity index (χ2n) is 4.68. The van der Waals surface area contributed by atoms with Gasteiger partial charge in [-0.2, -0.15) is 0 Å². The first-order valence-electron chi connectivity index (χ1n) is 6.27. The van der Waals surface area contributed by atoms with Gasteiger partial charge in [0.15, 0.2) is 5.78 Å². The van der Waals surface area contributed by atoms with E-state index in [4.69, 9.17) is 0 Å². The van der Waals surface area contributed by atoms with Crippen LogP contribution in [0.2, 0.25) is 0 Å². The van der Waals surface area contributed by atoms with E-state index in [1.165, 1.54) is 23.1 Å². The molecule has 2 aromatic rings. The van der Waals surface area contributed by atoms with Crippen LogP contribution >= 0.6 is 11.8 Å². The standard InChI is InChI=1S/C15H13NO3S2/c1-16-13-6-4-3-5-11(13)15(17)12-8-7-10(20-2)9-14(12)21(16,18)19/h3-9H,1-2H3. The second kappa shape index (κ2) is 4.89. The Hall–Kier alpha value is -1.79. The number of ketones is 1. The fourth-order valence-corrected chi connectivity index (χ4v) is 4.34. The van der Waals surface area contributed by atoms with Crippen LogP contribution in [-0.2, 0) is 10.0 Å². The van der Waals surface area contributed by atoms with Gasteiger partial charge in [0.05, 0.1) is 10.6 Å². The van der Waals surface area contributed by atoms with E-state index < -0.39 is 10.0 Å². The second-order valence-corrected chi connectivity index (χ2v) is 7.50. The molecule has 0 radical (unpaired) electrons. The molecule has 0 aromatic heterocycles. The van der Waals surface area contributed by atoms with Gasteiger partial charge in [0, 0.05) is 23.1 Å². The summed E-state index contributed by atoms with van der Waals surface area (Å²) in [5, 5.41) is 0. The molecule has 108 valence electrons. The van der Waals surface area contributed by atoms with Crippen LogP contribution in [0.25, 0.3) is 0 Å². The van der Waals surface area contributed by atoms with E-state index in [0.29, 0.717) is 11.3 Å². The number of benzene rings is 2. The Bertz CT molecular complexity index is 844. The normalized spacial score (nSPS) is 16.1. The predicted molar refractivity (Wildman–Crippen MR) is 83.7 cm³/mol. The fraction of sp³-hybridized carbons (Fsp3) is 0.133. The molecule has 1 aliphatic heterocycles. The summed E-state index contributed by atoms with van der Waals surface area (Å²) in [5.41, 5.74) is 1.04. The maximum absolute atomic E-state index is 12.8. The van der Waals surface area contributed by atoms with Crippen molar-refractivity contribution in [2.24, 2.45) is 0 Å². The van der Waals surface area contributed by atoms with Crippen LogP contribution in [0.5, 0.6) is 0 Å². The van der Waals surface area contributed by atoms with E-state index in [2.05, 4.69) is 0 Å². The van der Waals surface area contributed by atoms with Crippen molar-refractivity contribution < 1.29 is 13.2 Å². The molecule has 1 heterocycles. The average Bonchev–Trinajstić information content (AvgIpc) is 2.57. The Kier molecular flexibility index (Phi) is 3.30. The fourth-order valence-electron chi connectivity index (χ4n) is 2.39. The summed E-state index contributed by atoms with van der Waals surface area (Å²) in [6.07, 6.45) is 1.87. The van der Waals surface area contributed by atoms with Crippen LogP contribution in [0.15, 0.2) is 52.3 Å². The molecule has 0 atom stereocenters. The van der Waals surface area contributed by atoms with E-state index in [-0.39, 0.29) is 16.2 Å². The van der Waals surface area contributed by atoms with E-state index in [0.717, 1.165) is 4.90 Å². The smallest absolute Gasteiger partial charge is 0.264 e. The number of thioether (sulfide) groups is 1. The molecule has 0 saturated carbocycles. The lowest BCUT2D eigenvalue weighted by Crippen LogP contribution is -2.26. The number of para-hydroxylation sites is 1. The molecule has 0 spiro atoms. The highest BCUT2D eigenvalue weighted by Crippen LogP contribution is 2.35. The van der Waals surface area contributed by atoms with Crippen molar-refractivity contribution in [3.05, 3.63) is 53.6 Å². The molecular weight excluding hydrogens is 306 g/mol. The summed E-state index contributed by atoms with van der Waals surface area (Å²) in [6, 6.07) is 11.7. The number of sulfonamides is 1. The van der Waals surface area contributed by atoms with Gasteiger partial charge in [-0.1, -0.05) is 12.1 Å². The summed E-state index contributed by atoms with van der Waals surface area (Å²) < 4.78 is 26.7. The minimum absolute atomic E-state index is 0.0676. The Morgan fingerprint density at radius 3 is 2.48 bits per heavy atom. The third kappa shape index (κ3) is 2.06. The molecule has 0 unspecified atom stereocenters. The summed E-state index contributed by atoms with van der Waals surface area (Å²) in [7, 11) is -2.26. The Balaban J connectivity index is 2.39. The van der Waals surface area contributed by atoms with Crippen molar-refractivity contribution in [3.63, 3.8) is 0 Å². The lowest BCUT2D eigenvalue weighted by Gasteiger charge is -2.19. The Morgan fingerprint density at radius 1 is 1.05 bits per heavy atom. The summed E-state index contributed by atoms with van der Waals surface area (Å²) in [5.74, 6) is -0.263. The van der Waals surface area contributed by atoms with Gasteiger partial charge in [-0.05, 0) is 36.6 Å². The minimum atomic E-state index is -3.74. The zero-order chi connectivity index (χ0) is 15.2. The van der Waals surface area contributed by atoms with Crippen molar-refractivity contribution in [2.75, 3.05) is 17.6 Å². The topological polar surface area (TPSA) is 54.5 Å². The molecule has 0 saturated heterocycles. The molecule has 0 amide bonds. The first-order valence-corrected chi connectivity index (χ1v) is 8.94. The van der Waals surface area contributed by atoms with Crippen molar-refractivity contribution in [2.45, 2.75) is 9.79 Å². The van der Waals surface area contributed by atoms with Crippen molar-refractivity contribution in [1.29, 1.82) is 0 Å². The van der Waals surface area contributed by atoms with Crippen molar-refractivity contribution in [3.8, 4) is 0 Å². The van der Waals surface area contributed by atoms with Crippen LogP contribution in [0, 0.1) is 0 Å². The Labute approximate surface area is 127 Å². The molecule has 0 aliphatic carbocycles. The number of hydrogen-bond acceptors (Lipinski definition) is 4. The van der Waals surface area contributed by atoms with Crippen LogP contribution in [-0.4, -0.2) is 27.5 Å². The molecule has 21 heavy (non-hydrogen) atoms. The van der Waals surface area contributed by atoms with E-state index >= 15 is 0 Å². The number of fused-ring (bicyclic) bond motifs is 2. The summed E-state index contributed by atoms with van der Waals surface area (Å²) in [6.45, 7) is 0. The number of carbonyl (C=O) groups is 1. The number of anilines is 1. The highest BCUT2D eigenvalue weighted by Gasteiger charge is 2.33. The molecule has 2 aromatic carbocycles. The number of nitrogens with zero attached hydrogens (tertiary/aromatic N) is 1. The molecule has 1 aliphatic rings. The quantitative estimate of drug-likeness (QED) is 0.759. The average molecular weight is 319 g/mol. The van der Waals surface area contributed by atoms with Crippen molar-refractivity contribution in [1.82, 2.24) is 0 Å². The largest absolute Gasteiger partial charge is 0.288 e. The minimum Gasteiger partial charge on any atom is -0.288 e. The molecule has 4 nitrogen and oxygen atoms in total. The van der Waals surface area contributed by atoms with Crippen LogP contribution in [0.1, 0.15) is 15.9 Å². The van der Waals surface area contributed by atoms with Crippen LogP contribution in [0.3, 0.4) is 0 Å². The van der Waals surface area contributed by atoms with Gasteiger partial charge < -0.3 is 0 Å². The van der Waals surface area contributed by atoms with E-state index in [1.54, 1.807) is 42.5 Å². The number of hydrogen-bond donors (Lipinski definition) is 0. The van der Waals surface area contributed by atoms with Gasteiger partial charge in [-0.25, -0.2) is 8.42 Å². The number of rotatable bonds is 1. The molecule has 6 heteroatoms. The van der Waals surface area contributed by atoms with Gasteiger partial charge in [0.25, 0.3) is 10.0 Å². The van der Waals surface area contributed by atoms with Crippen molar-refractivity contribution >= 4 is 33.3 Å². The maximum Gasteiger partial charge on any atom is 0.264 e. The highest BCUT2D eigenvalue weighted by molar-refractivity contribution is 7.98. The van der Waals surface area contributed by atoms with Gasteiger partial charge >= 0.3 is 0 Å². The summed E-state index contributed by atoms with van der Waals surface area (Å²) in [4.78, 5) is 13.5. The highest BCUT2D eigenvalue weighted by atomic mass is 32.2. The zero-order valence-corrected chi connectivity index (χ0v) is 13.2. The van der Waals surface area contributed by atoms with E-state index in [9.17, 15) is 13.2 Å². The third-order valence-electron chi connectivity index (χ3n) is 3.56. The zero-order valence-electron chi connectivity index (χ0n) is 11.5. The maximum atomic E-state index is 12.8. The molecule has 0 fully saturated rings. The first kappa shape index (κ1) is 14.2. The van der Waals surface area contributed by atoms with Gasteiger partial charge in [0.2, 0.25) is 0 Å². The lowest BCUT2D eigenvalue weighted by atomic mass is 10.0. The van der Waals surface area contributed by atoms with Gasteiger partial charge in [-0.15, -0.1) is 11.8 Å². The molecule has 0 N–H and O–H groups in total. The SMILES string of the molecule is CSc1ccc2c(c1)S(=O)(=O)N(C)c1ccccc1C2=O. The van der Waals surface area contributed by atoms with Gasteiger partial charge in [-0.3, -0.25) is 9.10 Å². The number of carbonyl (C=O) groups excluding carboxylic acids is 1. The predicted octanol–water partition coefficient (Wildman–Crippen LogP) is 2.78. The monoisotopic (exact) mass is 319 g/mol.